The summed E-state index contributed by atoms with van der Waals surface area (Å²) in [5, 5.41) is 17.4. The van der Waals surface area contributed by atoms with E-state index >= 15 is 0 Å². The van der Waals surface area contributed by atoms with E-state index in [1.165, 1.54) is 5.56 Å². The van der Waals surface area contributed by atoms with Gasteiger partial charge < -0.3 is 10.0 Å². The molecule has 128 valence electrons. The molecule has 1 aliphatic heterocycles. The molecule has 1 aromatic heterocycles. The van der Waals surface area contributed by atoms with E-state index in [2.05, 4.69) is 22.3 Å². The summed E-state index contributed by atoms with van der Waals surface area (Å²) in [6.07, 6.45) is 2.24. The lowest BCUT2D eigenvalue weighted by Crippen LogP contribution is -2.39. The van der Waals surface area contributed by atoms with Crippen molar-refractivity contribution in [2.24, 2.45) is 0 Å². The van der Waals surface area contributed by atoms with Gasteiger partial charge in [0.1, 0.15) is 5.60 Å². The van der Waals surface area contributed by atoms with Crippen molar-refractivity contribution in [2.45, 2.75) is 25.5 Å². The molecule has 1 aliphatic rings. The number of H-pyrrole nitrogens is 1. The number of carbonyl (C=O) groups is 1. The molecule has 0 radical (unpaired) electrons. The fourth-order valence-corrected chi connectivity index (χ4v) is 3.11. The maximum atomic E-state index is 12.5. The summed E-state index contributed by atoms with van der Waals surface area (Å²) < 4.78 is 0. The standard InChI is InChI=1S/C18H24N4O2/c1-14-3-5-15(6-4-14)11-21(2)17(23)12-22-10-8-18(24,13-22)16-7-9-19-20-16/h3-7,9,24H,8,10-13H2,1-2H3,(H,19,20). The Morgan fingerprint density at radius 3 is 2.79 bits per heavy atom. The van der Waals surface area contributed by atoms with Crippen LogP contribution in [0.25, 0.3) is 0 Å². The SMILES string of the molecule is Cc1ccc(CN(C)C(=O)CN2CCC(O)(c3ccn[nH]3)C2)cc1. The van der Waals surface area contributed by atoms with Gasteiger partial charge in [-0.3, -0.25) is 14.8 Å². The topological polar surface area (TPSA) is 72.5 Å². The van der Waals surface area contributed by atoms with Gasteiger partial charge in [-0.05, 0) is 25.0 Å². The lowest BCUT2D eigenvalue weighted by atomic mass is 9.99. The normalized spacial score (nSPS) is 21.1. The highest BCUT2D eigenvalue weighted by molar-refractivity contribution is 5.78. The molecule has 1 saturated heterocycles. The van der Waals surface area contributed by atoms with Crippen molar-refractivity contribution in [3.8, 4) is 0 Å². The van der Waals surface area contributed by atoms with Crippen LogP contribution in [0.5, 0.6) is 0 Å². The average molecular weight is 328 g/mol. The highest BCUT2D eigenvalue weighted by atomic mass is 16.3. The zero-order chi connectivity index (χ0) is 17.2. The Balaban J connectivity index is 1.54. The molecule has 6 heteroatoms. The molecular weight excluding hydrogens is 304 g/mol. The van der Waals surface area contributed by atoms with Crippen LogP contribution in [-0.2, 0) is 16.9 Å². The van der Waals surface area contributed by atoms with Crippen molar-refractivity contribution in [1.82, 2.24) is 20.0 Å². The summed E-state index contributed by atoms with van der Waals surface area (Å²) in [4.78, 5) is 16.2. The van der Waals surface area contributed by atoms with Crippen LogP contribution in [0.3, 0.4) is 0 Å². The summed E-state index contributed by atoms with van der Waals surface area (Å²) in [7, 11) is 1.82. The lowest BCUT2D eigenvalue weighted by Gasteiger charge is -2.24. The van der Waals surface area contributed by atoms with Gasteiger partial charge in [0, 0.05) is 32.9 Å². The van der Waals surface area contributed by atoms with Crippen LogP contribution in [0.15, 0.2) is 36.5 Å². The molecule has 1 aromatic carbocycles. The molecule has 1 fully saturated rings. The quantitative estimate of drug-likeness (QED) is 0.867. The van der Waals surface area contributed by atoms with Gasteiger partial charge in [0.25, 0.3) is 0 Å². The van der Waals surface area contributed by atoms with Crippen molar-refractivity contribution in [3.63, 3.8) is 0 Å². The van der Waals surface area contributed by atoms with Gasteiger partial charge in [-0.15, -0.1) is 0 Å². The van der Waals surface area contributed by atoms with E-state index in [4.69, 9.17) is 0 Å². The van der Waals surface area contributed by atoms with Crippen molar-refractivity contribution in [2.75, 3.05) is 26.7 Å². The Labute approximate surface area is 142 Å². The molecule has 0 bridgehead atoms. The highest BCUT2D eigenvalue weighted by Gasteiger charge is 2.39. The van der Waals surface area contributed by atoms with Gasteiger partial charge in [-0.1, -0.05) is 29.8 Å². The highest BCUT2D eigenvalue weighted by Crippen LogP contribution is 2.30. The number of carbonyl (C=O) groups excluding carboxylic acids is 1. The summed E-state index contributed by atoms with van der Waals surface area (Å²) in [5.74, 6) is 0.0597. The van der Waals surface area contributed by atoms with Gasteiger partial charge in [-0.25, -0.2) is 0 Å². The molecule has 6 nitrogen and oxygen atoms in total. The Hall–Kier alpha value is -2.18. The number of aliphatic hydroxyl groups is 1. The summed E-state index contributed by atoms with van der Waals surface area (Å²) in [6, 6.07) is 9.99. The van der Waals surface area contributed by atoms with Gasteiger partial charge in [0.05, 0.1) is 12.2 Å². The number of aromatic nitrogens is 2. The van der Waals surface area contributed by atoms with Gasteiger partial charge in [-0.2, -0.15) is 5.10 Å². The van der Waals surface area contributed by atoms with E-state index in [9.17, 15) is 9.90 Å². The Morgan fingerprint density at radius 1 is 1.38 bits per heavy atom. The van der Waals surface area contributed by atoms with Crippen LogP contribution in [0, 0.1) is 6.92 Å². The third-order valence-electron chi connectivity index (χ3n) is 4.65. The fraction of sp³-hybridized carbons (Fsp3) is 0.444. The molecule has 2 heterocycles. The van der Waals surface area contributed by atoms with Gasteiger partial charge in [0.2, 0.25) is 5.91 Å². The molecule has 1 unspecified atom stereocenters. The molecule has 2 N–H and O–H groups in total. The molecule has 1 amide bonds. The van der Waals surface area contributed by atoms with Crippen molar-refractivity contribution in [1.29, 1.82) is 0 Å². The molecule has 24 heavy (non-hydrogen) atoms. The molecule has 1 atom stereocenters. The number of likely N-dealkylation sites (tertiary alicyclic amines) is 1. The number of likely N-dealkylation sites (N-methyl/N-ethyl adjacent to an activating group) is 1. The minimum atomic E-state index is -0.938. The van der Waals surface area contributed by atoms with Crippen LogP contribution in [0.1, 0.15) is 23.2 Å². The molecule has 2 aromatic rings. The first kappa shape index (κ1) is 16.7. The van der Waals surface area contributed by atoms with Crippen LogP contribution in [0.2, 0.25) is 0 Å². The third-order valence-corrected chi connectivity index (χ3v) is 4.65. The number of hydrogen-bond donors (Lipinski definition) is 2. The number of rotatable bonds is 5. The number of β-amino-alcohol motifs (C(OH)–C–C–N with tert-alkyl or cyclic N) is 1. The van der Waals surface area contributed by atoms with E-state index in [0.717, 1.165) is 5.56 Å². The maximum Gasteiger partial charge on any atom is 0.236 e. The zero-order valence-electron chi connectivity index (χ0n) is 14.2. The number of nitrogens with one attached hydrogen (secondary N) is 1. The predicted octanol–water partition coefficient (Wildman–Crippen LogP) is 1.27. The second kappa shape index (κ2) is 6.75. The van der Waals surface area contributed by atoms with E-state index in [0.29, 0.717) is 38.3 Å². The van der Waals surface area contributed by atoms with Gasteiger partial charge in [0.15, 0.2) is 0 Å². The van der Waals surface area contributed by atoms with E-state index in [1.54, 1.807) is 17.2 Å². The van der Waals surface area contributed by atoms with Crippen LogP contribution < -0.4 is 0 Å². The molecule has 3 rings (SSSR count). The first-order valence-corrected chi connectivity index (χ1v) is 8.20. The predicted molar refractivity (Wildman–Crippen MR) is 91.2 cm³/mol. The number of hydrogen-bond acceptors (Lipinski definition) is 4. The first-order chi connectivity index (χ1) is 11.5. The lowest BCUT2D eigenvalue weighted by molar-refractivity contribution is -0.131. The minimum absolute atomic E-state index is 0.0597. The van der Waals surface area contributed by atoms with E-state index in [-0.39, 0.29) is 5.91 Å². The fourth-order valence-electron chi connectivity index (χ4n) is 3.11. The van der Waals surface area contributed by atoms with Crippen LogP contribution in [-0.4, -0.2) is 57.7 Å². The Kier molecular flexibility index (Phi) is 4.69. The summed E-state index contributed by atoms with van der Waals surface area (Å²) in [6.45, 7) is 4.10. The van der Waals surface area contributed by atoms with Crippen LogP contribution in [0.4, 0.5) is 0 Å². The molecule has 0 spiro atoms. The monoisotopic (exact) mass is 328 g/mol. The van der Waals surface area contributed by atoms with E-state index < -0.39 is 5.60 Å². The second-order valence-corrected chi connectivity index (χ2v) is 6.70. The summed E-state index contributed by atoms with van der Waals surface area (Å²) >= 11 is 0. The van der Waals surface area contributed by atoms with Crippen molar-refractivity contribution < 1.29 is 9.90 Å². The van der Waals surface area contributed by atoms with Crippen molar-refractivity contribution >= 4 is 5.91 Å². The molecule has 0 saturated carbocycles. The molecule has 0 aliphatic carbocycles. The Morgan fingerprint density at radius 2 is 2.12 bits per heavy atom. The largest absolute Gasteiger partial charge is 0.382 e. The number of amides is 1. The minimum Gasteiger partial charge on any atom is -0.382 e. The van der Waals surface area contributed by atoms with Crippen molar-refractivity contribution in [3.05, 3.63) is 53.3 Å². The number of aryl methyl sites for hydroxylation is 1. The number of benzene rings is 1. The first-order valence-electron chi connectivity index (χ1n) is 8.20. The summed E-state index contributed by atoms with van der Waals surface area (Å²) in [5.41, 5.74) is 2.10. The maximum absolute atomic E-state index is 12.5. The smallest absolute Gasteiger partial charge is 0.236 e. The van der Waals surface area contributed by atoms with E-state index in [1.807, 2.05) is 31.0 Å². The number of aromatic amines is 1. The molecular formula is C18H24N4O2. The number of nitrogens with zero attached hydrogens (tertiary/aromatic N) is 3. The Bertz CT molecular complexity index is 684. The van der Waals surface area contributed by atoms with Gasteiger partial charge >= 0.3 is 0 Å². The average Bonchev–Trinajstić information content (AvgIpc) is 3.20. The zero-order valence-corrected chi connectivity index (χ0v) is 14.2. The third kappa shape index (κ3) is 3.66. The second-order valence-electron chi connectivity index (χ2n) is 6.70. The van der Waals surface area contributed by atoms with Crippen LogP contribution >= 0.6 is 0 Å².